The fourth-order valence-electron chi connectivity index (χ4n) is 3.32. The van der Waals surface area contributed by atoms with Gasteiger partial charge in [0.1, 0.15) is 5.60 Å². The van der Waals surface area contributed by atoms with Gasteiger partial charge in [-0.05, 0) is 58.1 Å². The fourth-order valence-corrected chi connectivity index (χ4v) is 4.43. The Morgan fingerprint density at radius 1 is 1.07 bits per heavy atom. The Bertz CT molecular complexity index is 788. The minimum absolute atomic E-state index is 0.153. The lowest BCUT2D eigenvalue weighted by atomic mass is 9.80. The van der Waals surface area contributed by atoms with Crippen LogP contribution in [0.4, 0.5) is 4.79 Å². The molecule has 0 saturated carbocycles. The van der Waals surface area contributed by atoms with E-state index in [0.717, 1.165) is 5.56 Å². The van der Waals surface area contributed by atoms with Crippen LogP contribution in [0, 0.1) is 12.3 Å². The maximum Gasteiger partial charge on any atom is 0.410 e. The molecule has 0 spiro atoms. The van der Waals surface area contributed by atoms with Crippen LogP contribution in [-0.4, -0.2) is 43.7 Å². The Balaban J connectivity index is 2.16. The van der Waals surface area contributed by atoms with E-state index in [1.807, 2.05) is 48.5 Å². The number of carbonyl (C=O) groups excluding carboxylic acids is 1. The van der Waals surface area contributed by atoms with Crippen molar-refractivity contribution in [2.75, 3.05) is 6.54 Å². The second-order valence-corrected chi connectivity index (χ2v) is 11.1. The molecule has 158 valence electrons. The van der Waals surface area contributed by atoms with Crippen molar-refractivity contribution in [1.29, 1.82) is 0 Å². The number of hydrogen-bond acceptors (Lipinski definition) is 5. The minimum atomic E-state index is -3.85. The molecule has 2 rings (SSSR count). The normalized spacial score (nSPS) is 21.5. The third-order valence-electron chi connectivity index (χ3n) is 4.75. The quantitative estimate of drug-likeness (QED) is 0.684. The Morgan fingerprint density at radius 2 is 1.64 bits per heavy atom. The van der Waals surface area contributed by atoms with Gasteiger partial charge in [0.05, 0.1) is 11.0 Å². The number of benzene rings is 1. The summed E-state index contributed by atoms with van der Waals surface area (Å²) in [5, 5.41) is 0. The van der Waals surface area contributed by atoms with Crippen LogP contribution >= 0.6 is 0 Å². The molecule has 0 N–H and O–H groups in total. The molecule has 1 saturated heterocycles. The molecule has 0 bridgehead atoms. The predicted octanol–water partition coefficient (Wildman–Crippen LogP) is 4.51. The Morgan fingerprint density at radius 3 is 2.14 bits per heavy atom. The summed E-state index contributed by atoms with van der Waals surface area (Å²) in [6, 6.07) is 6.43. The van der Waals surface area contributed by atoms with Crippen molar-refractivity contribution >= 4 is 16.2 Å². The first kappa shape index (κ1) is 22.7. The summed E-state index contributed by atoms with van der Waals surface area (Å²) < 4.78 is 36.4. The second kappa shape index (κ2) is 8.03. The zero-order chi connectivity index (χ0) is 21.3. The maximum atomic E-state index is 12.7. The summed E-state index contributed by atoms with van der Waals surface area (Å²) in [7, 11) is -3.85. The molecule has 7 heteroatoms. The molecule has 1 fully saturated rings. The first-order valence-electron chi connectivity index (χ1n) is 9.69. The van der Waals surface area contributed by atoms with E-state index in [1.54, 1.807) is 29.2 Å². The number of aryl methyl sites for hydroxylation is 1. The lowest BCUT2D eigenvalue weighted by molar-refractivity contribution is -0.0252. The van der Waals surface area contributed by atoms with E-state index in [-0.39, 0.29) is 22.4 Å². The molecule has 1 aromatic rings. The van der Waals surface area contributed by atoms with Gasteiger partial charge in [-0.1, -0.05) is 38.5 Å². The van der Waals surface area contributed by atoms with Crippen molar-refractivity contribution in [1.82, 2.24) is 4.90 Å². The van der Waals surface area contributed by atoms with Crippen molar-refractivity contribution in [3.63, 3.8) is 0 Å². The van der Waals surface area contributed by atoms with E-state index >= 15 is 0 Å². The minimum Gasteiger partial charge on any atom is -0.444 e. The summed E-state index contributed by atoms with van der Waals surface area (Å²) >= 11 is 0. The van der Waals surface area contributed by atoms with E-state index in [9.17, 15) is 13.2 Å². The smallest absolute Gasteiger partial charge is 0.410 e. The standard InChI is InChI=1S/C21H33NO5S/c1-15-8-10-17(11-9-15)28(24,25)27-16-12-13-22(18(14-16)20(2,3)4)19(23)26-21(5,6)7/h8-11,16,18H,12-14H2,1-7H3. The zero-order valence-electron chi connectivity index (χ0n) is 18.0. The van der Waals surface area contributed by atoms with E-state index in [2.05, 4.69) is 0 Å². The SMILES string of the molecule is Cc1ccc(S(=O)(=O)OC2CCN(C(=O)OC(C)(C)C)C(C(C)(C)C)C2)cc1. The third-order valence-corrected chi connectivity index (χ3v) is 6.13. The number of amides is 1. The van der Waals surface area contributed by atoms with E-state index in [4.69, 9.17) is 8.92 Å². The van der Waals surface area contributed by atoms with Crippen LogP contribution in [-0.2, 0) is 19.0 Å². The van der Waals surface area contributed by atoms with Crippen molar-refractivity contribution in [2.24, 2.45) is 5.41 Å². The van der Waals surface area contributed by atoms with Crippen LogP contribution in [0.5, 0.6) is 0 Å². The van der Waals surface area contributed by atoms with Crippen molar-refractivity contribution in [2.45, 2.75) is 84.0 Å². The highest BCUT2D eigenvalue weighted by Gasteiger charge is 2.41. The Labute approximate surface area is 169 Å². The van der Waals surface area contributed by atoms with Gasteiger partial charge in [0.25, 0.3) is 10.1 Å². The third kappa shape index (κ3) is 5.95. The number of carbonyl (C=O) groups is 1. The zero-order valence-corrected chi connectivity index (χ0v) is 18.8. The molecular formula is C21H33NO5S. The lowest BCUT2D eigenvalue weighted by Crippen LogP contribution is -2.54. The second-order valence-electron chi connectivity index (χ2n) is 9.57. The van der Waals surface area contributed by atoms with Crippen molar-refractivity contribution < 1.29 is 22.1 Å². The number of hydrogen-bond donors (Lipinski definition) is 0. The van der Waals surface area contributed by atoms with Crippen LogP contribution in [0.25, 0.3) is 0 Å². The number of ether oxygens (including phenoxy) is 1. The first-order chi connectivity index (χ1) is 12.7. The van der Waals surface area contributed by atoms with Gasteiger partial charge in [0, 0.05) is 12.6 Å². The predicted molar refractivity (Wildman–Crippen MR) is 109 cm³/mol. The fraction of sp³-hybridized carbons (Fsp3) is 0.667. The maximum absolute atomic E-state index is 12.7. The average molecular weight is 412 g/mol. The number of likely N-dealkylation sites (tertiary alicyclic amines) is 1. The Hall–Kier alpha value is -1.60. The van der Waals surface area contributed by atoms with Crippen LogP contribution in [0.3, 0.4) is 0 Å². The van der Waals surface area contributed by atoms with E-state index in [1.165, 1.54) is 0 Å². The van der Waals surface area contributed by atoms with Gasteiger partial charge in [-0.15, -0.1) is 0 Å². The molecule has 1 amide bonds. The van der Waals surface area contributed by atoms with Crippen molar-refractivity contribution in [3.05, 3.63) is 29.8 Å². The highest BCUT2D eigenvalue weighted by atomic mass is 32.2. The molecule has 28 heavy (non-hydrogen) atoms. The van der Waals surface area contributed by atoms with Gasteiger partial charge in [-0.25, -0.2) is 4.79 Å². The number of piperidine rings is 1. The molecule has 0 aromatic heterocycles. The molecule has 1 aliphatic heterocycles. The summed E-state index contributed by atoms with van der Waals surface area (Å²) in [5.74, 6) is 0. The van der Waals surface area contributed by atoms with Crippen LogP contribution in [0.15, 0.2) is 29.2 Å². The van der Waals surface area contributed by atoms with E-state index in [0.29, 0.717) is 19.4 Å². The van der Waals surface area contributed by atoms with Gasteiger partial charge in [0.2, 0.25) is 0 Å². The molecule has 1 heterocycles. The van der Waals surface area contributed by atoms with Crippen LogP contribution in [0.1, 0.15) is 59.9 Å². The van der Waals surface area contributed by atoms with Crippen molar-refractivity contribution in [3.8, 4) is 0 Å². The van der Waals surface area contributed by atoms with Gasteiger partial charge in [-0.3, -0.25) is 4.18 Å². The van der Waals surface area contributed by atoms with E-state index < -0.39 is 21.8 Å². The number of nitrogens with zero attached hydrogens (tertiary/aromatic N) is 1. The summed E-state index contributed by atoms with van der Waals surface area (Å²) in [5.41, 5.74) is 0.159. The number of rotatable bonds is 3. The highest BCUT2D eigenvalue weighted by Crippen LogP contribution is 2.35. The molecule has 1 aromatic carbocycles. The lowest BCUT2D eigenvalue weighted by Gasteiger charge is -2.45. The summed E-state index contributed by atoms with van der Waals surface area (Å²) in [6.45, 7) is 13.9. The van der Waals surface area contributed by atoms with Gasteiger partial charge in [0.15, 0.2) is 0 Å². The molecule has 2 atom stereocenters. The Kier molecular flexibility index (Phi) is 6.50. The molecule has 0 aliphatic carbocycles. The molecular weight excluding hydrogens is 378 g/mol. The molecule has 1 aliphatic rings. The van der Waals surface area contributed by atoms with Gasteiger partial charge < -0.3 is 9.64 Å². The molecule has 6 nitrogen and oxygen atoms in total. The molecule has 2 unspecified atom stereocenters. The summed E-state index contributed by atoms with van der Waals surface area (Å²) in [6.07, 6.45) is 0.0339. The first-order valence-corrected chi connectivity index (χ1v) is 11.1. The van der Waals surface area contributed by atoms with Crippen LogP contribution in [0.2, 0.25) is 0 Å². The largest absolute Gasteiger partial charge is 0.444 e. The molecule has 0 radical (unpaired) electrons. The van der Waals surface area contributed by atoms with Gasteiger partial charge in [-0.2, -0.15) is 8.42 Å². The monoisotopic (exact) mass is 411 g/mol. The average Bonchev–Trinajstić information content (AvgIpc) is 2.52. The topological polar surface area (TPSA) is 72.9 Å². The highest BCUT2D eigenvalue weighted by molar-refractivity contribution is 7.86. The van der Waals surface area contributed by atoms with Gasteiger partial charge >= 0.3 is 6.09 Å². The summed E-state index contributed by atoms with van der Waals surface area (Å²) in [4.78, 5) is 14.5. The van der Waals surface area contributed by atoms with Crippen LogP contribution < -0.4 is 0 Å².